The Kier molecular flexibility index (Phi) is 1.44. The van der Waals surface area contributed by atoms with Crippen LogP contribution in [-0.4, -0.2) is 26.8 Å². The molecule has 66 valence electrons. The van der Waals surface area contributed by atoms with E-state index in [9.17, 15) is 0 Å². The van der Waals surface area contributed by atoms with Gasteiger partial charge in [0.1, 0.15) is 6.10 Å². The molecule has 1 aliphatic heterocycles. The summed E-state index contributed by atoms with van der Waals surface area (Å²) >= 11 is 0. The van der Waals surface area contributed by atoms with Gasteiger partial charge in [-0.1, -0.05) is 0 Å². The number of ether oxygens (including phenoxy) is 1. The van der Waals surface area contributed by atoms with Crippen molar-refractivity contribution in [2.24, 2.45) is 0 Å². The van der Waals surface area contributed by atoms with E-state index in [4.69, 9.17) is 4.74 Å². The van der Waals surface area contributed by atoms with E-state index in [0.29, 0.717) is 5.82 Å². The molecule has 0 aromatic carbocycles. The van der Waals surface area contributed by atoms with Crippen molar-refractivity contribution < 1.29 is 4.74 Å². The largest absolute Gasteiger partial charge is 0.364 e. The Bertz CT molecular complexity index is 284. The quantitative estimate of drug-likeness (QED) is 0.573. The van der Waals surface area contributed by atoms with Crippen molar-refractivity contribution in [2.45, 2.75) is 32.4 Å². The molecule has 0 N–H and O–H groups in total. The molecule has 2 heterocycles. The molecule has 0 spiro atoms. The molecule has 12 heavy (non-hydrogen) atoms. The van der Waals surface area contributed by atoms with Gasteiger partial charge in [-0.25, -0.2) is 0 Å². The third-order valence-corrected chi connectivity index (χ3v) is 1.65. The maximum absolute atomic E-state index is 5.04. The van der Waals surface area contributed by atoms with Gasteiger partial charge in [-0.15, -0.1) is 10.2 Å². The van der Waals surface area contributed by atoms with Crippen LogP contribution >= 0.6 is 0 Å². The van der Waals surface area contributed by atoms with Crippen molar-refractivity contribution >= 4 is 0 Å². The van der Waals surface area contributed by atoms with E-state index in [0.717, 1.165) is 6.61 Å². The van der Waals surface area contributed by atoms with Gasteiger partial charge in [0, 0.05) is 0 Å². The van der Waals surface area contributed by atoms with E-state index in [-0.39, 0.29) is 11.6 Å². The number of nitrogens with zero attached hydrogens (tertiary/aromatic N) is 4. The Morgan fingerprint density at radius 3 is 2.58 bits per heavy atom. The summed E-state index contributed by atoms with van der Waals surface area (Å²) in [7, 11) is 0. The number of aromatic nitrogens is 4. The van der Waals surface area contributed by atoms with Crippen molar-refractivity contribution in [3.8, 4) is 0 Å². The van der Waals surface area contributed by atoms with Gasteiger partial charge in [0.2, 0.25) is 5.82 Å². The van der Waals surface area contributed by atoms with E-state index in [1.807, 2.05) is 20.8 Å². The molecule has 0 saturated carbocycles. The van der Waals surface area contributed by atoms with Crippen molar-refractivity contribution in [2.75, 3.05) is 6.61 Å². The molecule has 1 atom stereocenters. The SMILES string of the molecule is CC(C)(C)n1nnc([C@H]2CO2)n1. The second kappa shape index (κ2) is 2.26. The smallest absolute Gasteiger partial charge is 0.205 e. The summed E-state index contributed by atoms with van der Waals surface area (Å²) in [6.07, 6.45) is 0.0982. The summed E-state index contributed by atoms with van der Waals surface area (Å²) in [6.45, 7) is 6.83. The van der Waals surface area contributed by atoms with Gasteiger partial charge in [0.25, 0.3) is 0 Å². The molecule has 1 fully saturated rings. The minimum Gasteiger partial charge on any atom is -0.364 e. The lowest BCUT2D eigenvalue weighted by Gasteiger charge is -2.15. The summed E-state index contributed by atoms with van der Waals surface area (Å²) in [5, 5.41) is 12.1. The molecule has 1 saturated heterocycles. The first-order valence-corrected chi connectivity index (χ1v) is 3.99. The van der Waals surface area contributed by atoms with Gasteiger partial charge in [0.15, 0.2) is 0 Å². The van der Waals surface area contributed by atoms with Gasteiger partial charge in [-0.2, -0.15) is 4.80 Å². The van der Waals surface area contributed by atoms with Gasteiger partial charge in [-0.3, -0.25) is 0 Å². The zero-order chi connectivity index (χ0) is 8.77. The van der Waals surface area contributed by atoms with Crippen LogP contribution in [-0.2, 0) is 10.3 Å². The van der Waals surface area contributed by atoms with Crippen LogP contribution in [0.25, 0.3) is 0 Å². The Labute approximate surface area is 70.7 Å². The normalized spacial score (nSPS) is 22.8. The van der Waals surface area contributed by atoms with Crippen LogP contribution in [0.15, 0.2) is 0 Å². The first-order valence-electron chi connectivity index (χ1n) is 3.99. The number of epoxide rings is 1. The van der Waals surface area contributed by atoms with Crippen LogP contribution in [0.4, 0.5) is 0 Å². The second-order valence-electron chi connectivity index (χ2n) is 3.93. The number of rotatable bonds is 1. The molecule has 0 radical (unpaired) electrons. The molecule has 1 aromatic heterocycles. The van der Waals surface area contributed by atoms with Gasteiger partial charge in [0.05, 0.1) is 12.1 Å². The maximum atomic E-state index is 5.04. The van der Waals surface area contributed by atoms with Crippen LogP contribution in [0.2, 0.25) is 0 Å². The maximum Gasteiger partial charge on any atom is 0.205 e. The van der Waals surface area contributed by atoms with Gasteiger partial charge in [-0.05, 0) is 26.0 Å². The van der Waals surface area contributed by atoms with Crippen molar-refractivity contribution in [1.29, 1.82) is 0 Å². The fraction of sp³-hybridized carbons (Fsp3) is 0.857. The highest BCUT2D eigenvalue weighted by Gasteiger charge is 2.31. The zero-order valence-corrected chi connectivity index (χ0v) is 7.48. The number of tetrazole rings is 1. The molecule has 5 nitrogen and oxygen atoms in total. The Morgan fingerprint density at radius 1 is 1.50 bits per heavy atom. The molecule has 1 aliphatic rings. The molecule has 0 amide bonds. The van der Waals surface area contributed by atoms with Gasteiger partial charge < -0.3 is 4.74 Å². The molecule has 5 heteroatoms. The topological polar surface area (TPSA) is 56.1 Å². The van der Waals surface area contributed by atoms with E-state index >= 15 is 0 Å². The minimum atomic E-state index is -0.0971. The summed E-state index contributed by atoms with van der Waals surface area (Å²) in [5.41, 5.74) is -0.0971. The average molecular weight is 168 g/mol. The van der Waals surface area contributed by atoms with E-state index < -0.39 is 0 Å². The average Bonchev–Trinajstić information content (AvgIpc) is 2.66. The van der Waals surface area contributed by atoms with Crippen LogP contribution in [0.5, 0.6) is 0 Å². The second-order valence-corrected chi connectivity index (χ2v) is 3.93. The van der Waals surface area contributed by atoms with Crippen molar-refractivity contribution in [3.05, 3.63) is 5.82 Å². The summed E-state index contributed by atoms with van der Waals surface area (Å²) in [5.74, 6) is 0.699. The summed E-state index contributed by atoms with van der Waals surface area (Å²) < 4.78 is 5.04. The molecule has 0 unspecified atom stereocenters. The fourth-order valence-corrected chi connectivity index (χ4v) is 0.835. The highest BCUT2D eigenvalue weighted by Crippen LogP contribution is 2.26. The molecular weight excluding hydrogens is 156 g/mol. The third-order valence-electron chi connectivity index (χ3n) is 1.65. The lowest BCUT2D eigenvalue weighted by Crippen LogP contribution is -2.24. The molecule has 2 rings (SSSR count). The Morgan fingerprint density at radius 2 is 2.17 bits per heavy atom. The monoisotopic (exact) mass is 168 g/mol. The molecule has 1 aromatic rings. The highest BCUT2D eigenvalue weighted by molar-refractivity contribution is 4.92. The predicted octanol–water partition coefficient (Wildman–Crippen LogP) is 0.499. The summed E-state index contributed by atoms with van der Waals surface area (Å²) in [6, 6.07) is 0. The standard InChI is InChI=1S/C7H12N4O/c1-7(2,3)11-9-6(8-10-11)5-4-12-5/h5H,4H2,1-3H3/t5-/m1/s1. The first kappa shape index (κ1) is 7.67. The lowest BCUT2D eigenvalue weighted by atomic mass is 10.1. The van der Waals surface area contributed by atoms with Crippen LogP contribution in [0.3, 0.4) is 0 Å². The Hall–Kier alpha value is -0.970. The summed E-state index contributed by atoms with van der Waals surface area (Å²) in [4.78, 5) is 1.62. The Balaban J connectivity index is 2.23. The van der Waals surface area contributed by atoms with Gasteiger partial charge >= 0.3 is 0 Å². The third kappa shape index (κ3) is 1.32. The minimum absolute atomic E-state index is 0.0971. The molecule has 0 aliphatic carbocycles. The van der Waals surface area contributed by atoms with Crippen molar-refractivity contribution in [1.82, 2.24) is 20.2 Å². The first-order chi connectivity index (χ1) is 5.57. The predicted molar refractivity (Wildman–Crippen MR) is 41.5 cm³/mol. The number of hydrogen-bond donors (Lipinski definition) is 0. The van der Waals surface area contributed by atoms with Crippen LogP contribution in [0, 0.1) is 0 Å². The van der Waals surface area contributed by atoms with E-state index in [1.54, 1.807) is 4.80 Å². The number of hydrogen-bond acceptors (Lipinski definition) is 4. The van der Waals surface area contributed by atoms with E-state index in [1.165, 1.54) is 0 Å². The van der Waals surface area contributed by atoms with E-state index in [2.05, 4.69) is 15.4 Å². The zero-order valence-electron chi connectivity index (χ0n) is 7.48. The highest BCUT2D eigenvalue weighted by atomic mass is 16.6. The molecule has 0 bridgehead atoms. The van der Waals surface area contributed by atoms with Crippen LogP contribution in [0.1, 0.15) is 32.7 Å². The van der Waals surface area contributed by atoms with Crippen LogP contribution < -0.4 is 0 Å². The molecular formula is C7H12N4O. The fourth-order valence-electron chi connectivity index (χ4n) is 0.835. The van der Waals surface area contributed by atoms with Crippen molar-refractivity contribution in [3.63, 3.8) is 0 Å². The lowest BCUT2D eigenvalue weighted by molar-refractivity contribution is 0.304.